The SMILES string of the molecule is Cc1noc(C2CN(Cc3ccccc3)CC23CN(C(=O)c2cccnc2)C3)n1. The second-order valence-electron chi connectivity index (χ2n) is 8.15. The molecule has 2 aliphatic heterocycles. The summed E-state index contributed by atoms with van der Waals surface area (Å²) >= 11 is 0. The van der Waals surface area contributed by atoms with Crippen molar-refractivity contribution in [3.63, 3.8) is 0 Å². The van der Waals surface area contributed by atoms with Crippen molar-refractivity contribution in [1.82, 2.24) is 24.9 Å². The van der Waals surface area contributed by atoms with E-state index in [1.807, 2.05) is 24.0 Å². The van der Waals surface area contributed by atoms with E-state index in [9.17, 15) is 4.79 Å². The summed E-state index contributed by atoms with van der Waals surface area (Å²) in [5.41, 5.74) is 1.87. The molecule has 5 rings (SSSR count). The van der Waals surface area contributed by atoms with E-state index in [0.29, 0.717) is 30.4 Å². The van der Waals surface area contributed by atoms with Crippen molar-refractivity contribution >= 4 is 5.91 Å². The molecule has 2 fully saturated rings. The highest BCUT2D eigenvalue weighted by molar-refractivity contribution is 5.94. The highest BCUT2D eigenvalue weighted by Gasteiger charge is 2.57. The van der Waals surface area contributed by atoms with Crippen molar-refractivity contribution in [2.75, 3.05) is 26.2 Å². The standard InChI is InChI=1S/C22H23N5O2/c1-16-24-20(29-25-16)19-12-26(11-17-6-3-2-4-7-17)13-22(19)14-27(15-22)21(28)18-8-5-9-23-10-18/h2-10,19H,11-15H2,1H3. The molecular formula is C22H23N5O2. The second-order valence-corrected chi connectivity index (χ2v) is 8.15. The van der Waals surface area contributed by atoms with Gasteiger partial charge in [0.1, 0.15) is 0 Å². The minimum atomic E-state index is -0.0500. The molecule has 148 valence electrons. The number of amides is 1. The minimum absolute atomic E-state index is 0.0331. The third-order valence-electron chi connectivity index (χ3n) is 6.02. The quantitative estimate of drug-likeness (QED) is 0.683. The molecule has 0 saturated carbocycles. The molecule has 2 saturated heterocycles. The van der Waals surface area contributed by atoms with Crippen LogP contribution in [0.2, 0.25) is 0 Å². The topological polar surface area (TPSA) is 75.4 Å². The maximum Gasteiger partial charge on any atom is 0.255 e. The van der Waals surface area contributed by atoms with Crippen LogP contribution in [0.5, 0.6) is 0 Å². The van der Waals surface area contributed by atoms with Gasteiger partial charge in [0.05, 0.1) is 11.5 Å². The maximum atomic E-state index is 12.8. The molecule has 2 aromatic heterocycles. The molecule has 0 radical (unpaired) electrons. The van der Waals surface area contributed by atoms with Crippen LogP contribution in [0.3, 0.4) is 0 Å². The molecule has 0 N–H and O–H groups in total. The summed E-state index contributed by atoms with van der Waals surface area (Å²) in [4.78, 5) is 25.7. The van der Waals surface area contributed by atoms with Gasteiger partial charge in [-0.15, -0.1) is 0 Å². The minimum Gasteiger partial charge on any atom is -0.339 e. The van der Waals surface area contributed by atoms with E-state index < -0.39 is 0 Å². The van der Waals surface area contributed by atoms with Crippen molar-refractivity contribution in [2.24, 2.45) is 5.41 Å². The van der Waals surface area contributed by atoms with Crippen LogP contribution < -0.4 is 0 Å². The molecule has 1 unspecified atom stereocenters. The Kier molecular flexibility index (Phi) is 4.39. The fraction of sp³-hybridized carbons (Fsp3) is 0.364. The van der Waals surface area contributed by atoms with Gasteiger partial charge in [-0.2, -0.15) is 4.98 Å². The number of benzene rings is 1. The van der Waals surface area contributed by atoms with Gasteiger partial charge in [0.2, 0.25) is 5.89 Å². The molecule has 0 aliphatic carbocycles. The van der Waals surface area contributed by atoms with Crippen LogP contribution in [0, 0.1) is 12.3 Å². The number of hydrogen-bond donors (Lipinski definition) is 0. The monoisotopic (exact) mass is 389 g/mol. The Bertz CT molecular complexity index is 998. The van der Waals surface area contributed by atoms with Crippen molar-refractivity contribution in [1.29, 1.82) is 0 Å². The van der Waals surface area contributed by atoms with Crippen molar-refractivity contribution in [2.45, 2.75) is 19.4 Å². The number of pyridine rings is 1. The fourth-order valence-electron chi connectivity index (χ4n) is 4.68. The number of aromatic nitrogens is 3. The Labute approximate surface area is 169 Å². The Hall–Kier alpha value is -3.06. The lowest BCUT2D eigenvalue weighted by molar-refractivity contribution is -0.00127. The number of carbonyl (C=O) groups excluding carboxylic acids is 1. The van der Waals surface area contributed by atoms with Gasteiger partial charge >= 0.3 is 0 Å². The van der Waals surface area contributed by atoms with Crippen molar-refractivity contribution in [3.8, 4) is 0 Å². The molecule has 1 spiro atoms. The predicted molar refractivity (Wildman–Crippen MR) is 106 cm³/mol. The zero-order valence-corrected chi connectivity index (χ0v) is 16.4. The normalized spacial score (nSPS) is 20.7. The smallest absolute Gasteiger partial charge is 0.255 e. The second kappa shape index (κ2) is 7.08. The van der Waals surface area contributed by atoms with Gasteiger partial charge in [-0.3, -0.25) is 14.7 Å². The number of nitrogens with zero attached hydrogens (tertiary/aromatic N) is 5. The van der Waals surface area contributed by atoms with E-state index in [4.69, 9.17) is 4.52 Å². The van der Waals surface area contributed by atoms with Crippen LogP contribution in [0.1, 0.15) is 33.6 Å². The van der Waals surface area contributed by atoms with E-state index in [0.717, 1.165) is 19.6 Å². The summed E-state index contributed by atoms with van der Waals surface area (Å²) in [7, 11) is 0. The van der Waals surface area contributed by atoms with Crippen LogP contribution in [-0.2, 0) is 6.54 Å². The van der Waals surface area contributed by atoms with E-state index >= 15 is 0 Å². The van der Waals surface area contributed by atoms with Gasteiger partial charge in [0, 0.05) is 50.5 Å². The number of hydrogen-bond acceptors (Lipinski definition) is 6. The molecule has 7 heteroatoms. The molecule has 3 aromatic rings. The summed E-state index contributed by atoms with van der Waals surface area (Å²) in [5, 5.41) is 4.00. The molecule has 1 atom stereocenters. The van der Waals surface area contributed by atoms with Crippen LogP contribution in [-0.4, -0.2) is 57.0 Å². The first kappa shape index (κ1) is 18.0. The van der Waals surface area contributed by atoms with Gasteiger partial charge in [-0.1, -0.05) is 35.5 Å². The van der Waals surface area contributed by atoms with Gasteiger partial charge in [-0.25, -0.2) is 0 Å². The van der Waals surface area contributed by atoms with E-state index in [1.165, 1.54) is 5.56 Å². The third-order valence-corrected chi connectivity index (χ3v) is 6.02. The molecule has 0 bridgehead atoms. The first-order chi connectivity index (χ1) is 14.1. The third kappa shape index (κ3) is 3.31. The number of likely N-dealkylation sites (tertiary alicyclic amines) is 2. The van der Waals surface area contributed by atoms with Gasteiger partial charge in [-0.05, 0) is 24.6 Å². The average molecular weight is 389 g/mol. The summed E-state index contributed by atoms with van der Waals surface area (Å²) in [5.74, 6) is 1.50. The van der Waals surface area contributed by atoms with E-state index in [1.54, 1.807) is 18.5 Å². The summed E-state index contributed by atoms with van der Waals surface area (Å²) in [6, 6.07) is 14.1. The molecule has 4 heterocycles. The Balaban J connectivity index is 1.36. The molecule has 1 aromatic carbocycles. The van der Waals surface area contributed by atoms with Gasteiger partial charge in [0.15, 0.2) is 5.82 Å². The van der Waals surface area contributed by atoms with Crippen LogP contribution in [0.4, 0.5) is 0 Å². The lowest BCUT2D eigenvalue weighted by Gasteiger charge is -2.50. The van der Waals surface area contributed by atoms with E-state index in [2.05, 4.69) is 44.3 Å². The molecule has 7 nitrogen and oxygen atoms in total. The number of carbonyl (C=O) groups is 1. The first-order valence-electron chi connectivity index (χ1n) is 9.89. The van der Waals surface area contributed by atoms with E-state index in [-0.39, 0.29) is 17.2 Å². The number of rotatable bonds is 4. The average Bonchev–Trinajstić information content (AvgIpc) is 3.31. The zero-order valence-electron chi connectivity index (χ0n) is 16.4. The summed E-state index contributed by atoms with van der Waals surface area (Å²) < 4.78 is 5.56. The van der Waals surface area contributed by atoms with Crippen molar-refractivity contribution in [3.05, 3.63) is 77.7 Å². The number of aryl methyl sites for hydroxylation is 1. The molecule has 29 heavy (non-hydrogen) atoms. The molecule has 1 amide bonds. The Morgan fingerprint density at radius 1 is 1.17 bits per heavy atom. The largest absolute Gasteiger partial charge is 0.339 e. The predicted octanol–water partition coefficient (Wildman–Crippen LogP) is 2.51. The van der Waals surface area contributed by atoms with Crippen LogP contribution >= 0.6 is 0 Å². The molecule has 2 aliphatic rings. The van der Waals surface area contributed by atoms with Crippen molar-refractivity contribution < 1.29 is 9.32 Å². The van der Waals surface area contributed by atoms with Gasteiger partial charge in [0.25, 0.3) is 5.91 Å². The van der Waals surface area contributed by atoms with Gasteiger partial charge < -0.3 is 9.42 Å². The summed E-state index contributed by atoms with van der Waals surface area (Å²) in [6.07, 6.45) is 3.31. The zero-order chi connectivity index (χ0) is 19.8. The van der Waals surface area contributed by atoms with Crippen LogP contribution in [0.25, 0.3) is 0 Å². The lowest BCUT2D eigenvalue weighted by atomic mass is 9.71. The highest BCUT2D eigenvalue weighted by atomic mass is 16.5. The van der Waals surface area contributed by atoms with Crippen LogP contribution in [0.15, 0.2) is 59.4 Å². The first-order valence-corrected chi connectivity index (χ1v) is 9.89. The molecular weight excluding hydrogens is 366 g/mol. The maximum absolute atomic E-state index is 12.8. The highest BCUT2D eigenvalue weighted by Crippen LogP contribution is 2.49. The fourth-order valence-corrected chi connectivity index (χ4v) is 4.68. The lowest BCUT2D eigenvalue weighted by Crippen LogP contribution is -2.61. The Morgan fingerprint density at radius 2 is 2.00 bits per heavy atom. The summed E-state index contributed by atoms with van der Waals surface area (Å²) in [6.45, 7) is 5.87. The Morgan fingerprint density at radius 3 is 2.69 bits per heavy atom.